The zero-order valence-corrected chi connectivity index (χ0v) is 13.5. The Morgan fingerprint density at radius 1 is 1.21 bits per heavy atom. The van der Waals surface area contributed by atoms with Crippen molar-refractivity contribution in [1.82, 2.24) is 5.32 Å². The molecule has 19 heavy (non-hydrogen) atoms. The van der Waals surface area contributed by atoms with Crippen LogP contribution < -0.4 is 10.1 Å². The highest BCUT2D eigenvalue weighted by atomic mass is 79.9. The number of nitrogens with one attached hydrogen (secondary N) is 1. The van der Waals surface area contributed by atoms with E-state index in [1.807, 2.05) is 0 Å². The lowest BCUT2D eigenvalue weighted by Gasteiger charge is -2.27. The van der Waals surface area contributed by atoms with Crippen molar-refractivity contribution in [2.45, 2.75) is 44.6 Å². The van der Waals surface area contributed by atoms with E-state index in [0.717, 1.165) is 16.1 Å². The molecule has 1 atom stereocenters. The largest absolute Gasteiger partial charge is 0.497 e. The van der Waals surface area contributed by atoms with Gasteiger partial charge in [-0.05, 0) is 43.5 Å². The van der Waals surface area contributed by atoms with Crippen LogP contribution >= 0.6 is 15.9 Å². The molecule has 1 aliphatic rings. The van der Waals surface area contributed by atoms with Gasteiger partial charge in [-0.15, -0.1) is 0 Å². The van der Waals surface area contributed by atoms with E-state index in [0.29, 0.717) is 6.04 Å². The van der Waals surface area contributed by atoms with E-state index < -0.39 is 0 Å². The number of halogens is 1. The number of methoxy groups -OCH3 is 1. The van der Waals surface area contributed by atoms with Crippen molar-refractivity contribution in [2.24, 2.45) is 5.92 Å². The molecule has 1 aromatic rings. The molecule has 0 amide bonds. The van der Waals surface area contributed by atoms with Crippen LogP contribution in [0, 0.1) is 5.92 Å². The normalized spacial score (nSPS) is 18.9. The smallest absolute Gasteiger partial charge is 0.120 e. The Morgan fingerprint density at radius 3 is 2.42 bits per heavy atom. The fraction of sp³-hybridized carbons (Fsp3) is 0.625. The third-order valence-electron chi connectivity index (χ3n) is 4.22. The fourth-order valence-corrected chi connectivity index (χ4v) is 3.78. The van der Waals surface area contributed by atoms with Crippen LogP contribution in [-0.2, 0) is 0 Å². The Morgan fingerprint density at radius 2 is 1.89 bits per heavy atom. The molecule has 1 N–H and O–H groups in total. The van der Waals surface area contributed by atoms with Crippen molar-refractivity contribution in [3.63, 3.8) is 0 Å². The van der Waals surface area contributed by atoms with Crippen LogP contribution in [0.25, 0.3) is 0 Å². The first-order chi connectivity index (χ1) is 9.26. The third-order valence-corrected chi connectivity index (χ3v) is 4.91. The summed E-state index contributed by atoms with van der Waals surface area (Å²) in [4.78, 5) is 0. The molecule has 0 aliphatic heterocycles. The predicted octanol–water partition coefficient (Wildman–Crippen LogP) is 4.69. The number of rotatable bonds is 4. The second kappa shape index (κ2) is 7.30. The molecular weight excluding hydrogens is 302 g/mol. The van der Waals surface area contributed by atoms with Crippen molar-refractivity contribution in [2.75, 3.05) is 14.2 Å². The topological polar surface area (TPSA) is 21.3 Å². The Kier molecular flexibility index (Phi) is 5.71. The van der Waals surface area contributed by atoms with Gasteiger partial charge in [0.15, 0.2) is 0 Å². The first-order valence-corrected chi connectivity index (χ1v) is 8.06. The third kappa shape index (κ3) is 3.73. The summed E-state index contributed by atoms with van der Waals surface area (Å²) in [5, 5.41) is 3.52. The summed E-state index contributed by atoms with van der Waals surface area (Å²) in [6.45, 7) is 0. The van der Waals surface area contributed by atoms with Crippen molar-refractivity contribution >= 4 is 15.9 Å². The molecule has 106 valence electrons. The molecule has 3 heteroatoms. The Bertz CT molecular complexity index is 400. The molecule has 2 rings (SSSR count). The maximum atomic E-state index is 5.28. The fourth-order valence-electron chi connectivity index (χ4n) is 3.18. The number of ether oxygens (including phenoxy) is 1. The van der Waals surface area contributed by atoms with E-state index in [1.54, 1.807) is 7.11 Å². The molecule has 0 bridgehead atoms. The standard InChI is InChI=1S/C16H24BrNO/c1-18-16(12-7-5-3-4-6-8-12)14-10-9-13(19-2)11-15(14)17/h9-12,16,18H,3-8H2,1-2H3. The molecule has 1 aromatic carbocycles. The molecule has 1 unspecified atom stereocenters. The summed E-state index contributed by atoms with van der Waals surface area (Å²) < 4.78 is 6.43. The van der Waals surface area contributed by atoms with Crippen LogP contribution in [0.15, 0.2) is 22.7 Å². The van der Waals surface area contributed by atoms with Gasteiger partial charge in [-0.25, -0.2) is 0 Å². The Labute approximate surface area is 125 Å². The summed E-state index contributed by atoms with van der Waals surface area (Å²) in [5.74, 6) is 1.66. The van der Waals surface area contributed by atoms with Gasteiger partial charge >= 0.3 is 0 Å². The molecular formula is C16H24BrNO. The summed E-state index contributed by atoms with van der Waals surface area (Å²) in [6, 6.07) is 6.75. The molecule has 0 spiro atoms. The van der Waals surface area contributed by atoms with Crippen LogP contribution in [0.2, 0.25) is 0 Å². The van der Waals surface area contributed by atoms with Gasteiger partial charge in [0.2, 0.25) is 0 Å². The zero-order valence-electron chi connectivity index (χ0n) is 11.9. The minimum Gasteiger partial charge on any atom is -0.497 e. The average molecular weight is 326 g/mol. The lowest BCUT2D eigenvalue weighted by Crippen LogP contribution is -2.25. The predicted molar refractivity (Wildman–Crippen MR) is 83.7 cm³/mol. The first kappa shape index (κ1) is 14.9. The van der Waals surface area contributed by atoms with Gasteiger partial charge in [-0.2, -0.15) is 0 Å². The summed E-state index contributed by atoms with van der Waals surface area (Å²) >= 11 is 3.70. The van der Waals surface area contributed by atoms with Gasteiger partial charge in [0.1, 0.15) is 5.75 Å². The maximum absolute atomic E-state index is 5.28. The maximum Gasteiger partial charge on any atom is 0.120 e. The number of hydrogen-bond donors (Lipinski definition) is 1. The lowest BCUT2D eigenvalue weighted by atomic mass is 9.87. The molecule has 0 radical (unpaired) electrons. The van der Waals surface area contributed by atoms with Gasteiger partial charge in [0, 0.05) is 10.5 Å². The Balaban J connectivity index is 2.20. The quantitative estimate of drug-likeness (QED) is 0.811. The van der Waals surface area contributed by atoms with Crippen LogP contribution in [0.4, 0.5) is 0 Å². The van der Waals surface area contributed by atoms with Gasteiger partial charge in [-0.3, -0.25) is 0 Å². The average Bonchev–Trinajstić information content (AvgIpc) is 2.70. The molecule has 1 aliphatic carbocycles. The summed E-state index contributed by atoms with van der Waals surface area (Å²) in [7, 11) is 3.79. The van der Waals surface area contributed by atoms with E-state index in [2.05, 4.69) is 46.5 Å². The van der Waals surface area contributed by atoms with Crippen LogP contribution in [0.3, 0.4) is 0 Å². The summed E-state index contributed by atoms with van der Waals surface area (Å²) in [5.41, 5.74) is 1.36. The zero-order chi connectivity index (χ0) is 13.7. The molecule has 0 heterocycles. The molecule has 1 saturated carbocycles. The number of hydrogen-bond acceptors (Lipinski definition) is 2. The van der Waals surface area contributed by atoms with E-state index in [1.165, 1.54) is 44.1 Å². The van der Waals surface area contributed by atoms with Crippen molar-refractivity contribution in [3.05, 3.63) is 28.2 Å². The Hall–Kier alpha value is -0.540. The minimum atomic E-state index is 0.443. The van der Waals surface area contributed by atoms with Crippen molar-refractivity contribution in [1.29, 1.82) is 0 Å². The van der Waals surface area contributed by atoms with E-state index in [4.69, 9.17) is 4.74 Å². The van der Waals surface area contributed by atoms with Gasteiger partial charge in [0.25, 0.3) is 0 Å². The van der Waals surface area contributed by atoms with Crippen molar-refractivity contribution in [3.8, 4) is 5.75 Å². The van der Waals surface area contributed by atoms with Crippen LogP contribution in [0.1, 0.15) is 50.1 Å². The minimum absolute atomic E-state index is 0.443. The van der Waals surface area contributed by atoms with Gasteiger partial charge < -0.3 is 10.1 Å². The molecule has 1 fully saturated rings. The van der Waals surface area contributed by atoms with E-state index >= 15 is 0 Å². The van der Waals surface area contributed by atoms with Gasteiger partial charge in [0.05, 0.1) is 7.11 Å². The highest BCUT2D eigenvalue weighted by Gasteiger charge is 2.24. The first-order valence-electron chi connectivity index (χ1n) is 7.27. The van der Waals surface area contributed by atoms with Crippen LogP contribution in [-0.4, -0.2) is 14.2 Å². The highest BCUT2D eigenvalue weighted by molar-refractivity contribution is 9.10. The highest BCUT2D eigenvalue weighted by Crippen LogP contribution is 2.37. The van der Waals surface area contributed by atoms with E-state index in [9.17, 15) is 0 Å². The van der Waals surface area contributed by atoms with Gasteiger partial charge in [-0.1, -0.05) is 47.7 Å². The molecule has 0 aromatic heterocycles. The molecule has 0 saturated heterocycles. The summed E-state index contributed by atoms with van der Waals surface area (Å²) in [6.07, 6.45) is 8.22. The SMILES string of the molecule is CNC(c1ccc(OC)cc1Br)C1CCCCCC1. The van der Waals surface area contributed by atoms with Crippen molar-refractivity contribution < 1.29 is 4.74 Å². The number of benzene rings is 1. The molecule has 2 nitrogen and oxygen atoms in total. The monoisotopic (exact) mass is 325 g/mol. The van der Waals surface area contributed by atoms with E-state index in [-0.39, 0.29) is 0 Å². The second-order valence-corrected chi connectivity index (χ2v) is 6.26. The van der Waals surface area contributed by atoms with Crippen LogP contribution in [0.5, 0.6) is 5.75 Å². The lowest BCUT2D eigenvalue weighted by molar-refractivity contribution is 0.340. The second-order valence-electron chi connectivity index (χ2n) is 5.41.